The standard InChI is InChI=1S/C13H7F2NO3S/c14-10-4-5-13(12(15)7-10)20(17,18)19-11-3-1-2-9(6-11)8-16/h1-7H. The summed E-state index contributed by atoms with van der Waals surface area (Å²) in [6.07, 6.45) is 0. The van der Waals surface area contributed by atoms with Crippen molar-refractivity contribution >= 4 is 10.1 Å². The van der Waals surface area contributed by atoms with E-state index in [0.717, 1.165) is 12.1 Å². The molecule has 0 spiro atoms. The van der Waals surface area contributed by atoms with Gasteiger partial charge >= 0.3 is 10.1 Å². The summed E-state index contributed by atoms with van der Waals surface area (Å²) in [5.41, 5.74) is 0.192. The summed E-state index contributed by atoms with van der Waals surface area (Å²) in [6, 6.07) is 9.22. The second kappa shape index (κ2) is 5.27. The van der Waals surface area contributed by atoms with Crippen molar-refractivity contribution in [2.24, 2.45) is 0 Å². The van der Waals surface area contributed by atoms with Crippen LogP contribution in [0.2, 0.25) is 0 Å². The Morgan fingerprint density at radius 2 is 1.85 bits per heavy atom. The molecule has 2 rings (SSSR count). The Morgan fingerprint density at radius 3 is 2.50 bits per heavy atom. The molecule has 2 aromatic carbocycles. The van der Waals surface area contributed by atoms with Gasteiger partial charge in [-0.3, -0.25) is 0 Å². The van der Waals surface area contributed by atoms with E-state index in [1.807, 2.05) is 6.07 Å². The van der Waals surface area contributed by atoms with E-state index in [2.05, 4.69) is 0 Å². The number of benzene rings is 2. The van der Waals surface area contributed by atoms with Gasteiger partial charge in [-0.2, -0.15) is 13.7 Å². The van der Waals surface area contributed by atoms with Crippen LogP contribution in [0.4, 0.5) is 8.78 Å². The third-order valence-electron chi connectivity index (χ3n) is 2.33. The third kappa shape index (κ3) is 2.92. The summed E-state index contributed by atoms with van der Waals surface area (Å²) < 4.78 is 54.6. The first kappa shape index (κ1) is 14.0. The van der Waals surface area contributed by atoms with E-state index in [0.29, 0.717) is 6.07 Å². The smallest absolute Gasteiger partial charge is 0.342 e. The van der Waals surface area contributed by atoms with Crippen LogP contribution >= 0.6 is 0 Å². The number of halogens is 2. The van der Waals surface area contributed by atoms with Gasteiger partial charge in [-0.1, -0.05) is 6.07 Å². The first-order chi connectivity index (χ1) is 9.42. The van der Waals surface area contributed by atoms with Crippen molar-refractivity contribution in [1.82, 2.24) is 0 Å². The summed E-state index contributed by atoms with van der Waals surface area (Å²) in [6.45, 7) is 0. The van der Waals surface area contributed by atoms with Gasteiger partial charge in [0, 0.05) is 6.07 Å². The molecule has 0 saturated heterocycles. The number of nitriles is 1. The van der Waals surface area contributed by atoms with E-state index in [9.17, 15) is 17.2 Å². The van der Waals surface area contributed by atoms with E-state index >= 15 is 0 Å². The fourth-order valence-electron chi connectivity index (χ4n) is 1.47. The lowest BCUT2D eigenvalue weighted by Crippen LogP contribution is -2.12. The van der Waals surface area contributed by atoms with E-state index in [4.69, 9.17) is 9.44 Å². The Kier molecular flexibility index (Phi) is 3.68. The summed E-state index contributed by atoms with van der Waals surface area (Å²) >= 11 is 0. The summed E-state index contributed by atoms with van der Waals surface area (Å²) in [7, 11) is -4.44. The van der Waals surface area contributed by atoms with Crippen LogP contribution < -0.4 is 4.18 Å². The first-order valence-corrected chi connectivity index (χ1v) is 6.73. The predicted octanol–water partition coefficient (Wildman–Crippen LogP) is 2.60. The minimum Gasteiger partial charge on any atom is -0.379 e. The third-order valence-corrected chi connectivity index (χ3v) is 3.61. The Morgan fingerprint density at radius 1 is 1.10 bits per heavy atom. The van der Waals surface area contributed by atoms with E-state index in [1.54, 1.807) is 0 Å². The molecular weight excluding hydrogens is 288 g/mol. The Bertz CT molecular complexity index is 798. The fourth-order valence-corrected chi connectivity index (χ4v) is 2.45. The predicted molar refractivity (Wildman–Crippen MR) is 65.3 cm³/mol. The van der Waals surface area contributed by atoms with Gasteiger partial charge in [-0.25, -0.2) is 8.78 Å². The highest BCUT2D eigenvalue weighted by Gasteiger charge is 2.22. The lowest BCUT2D eigenvalue weighted by molar-refractivity contribution is 0.474. The Hall–Kier alpha value is -2.46. The number of rotatable bonds is 3. The monoisotopic (exact) mass is 295 g/mol. The number of nitrogens with zero attached hydrogens (tertiary/aromatic N) is 1. The molecule has 0 bridgehead atoms. The van der Waals surface area contributed by atoms with Crippen LogP contribution in [0.25, 0.3) is 0 Å². The fraction of sp³-hybridized carbons (Fsp3) is 0. The number of hydrogen-bond donors (Lipinski definition) is 0. The molecule has 0 atom stereocenters. The van der Waals surface area contributed by atoms with Gasteiger partial charge < -0.3 is 4.18 Å². The molecule has 0 heterocycles. The summed E-state index contributed by atoms with van der Waals surface area (Å²) in [5, 5.41) is 8.70. The topological polar surface area (TPSA) is 67.2 Å². The van der Waals surface area contributed by atoms with Crippen LogP contribution in [-0.4, -0.2) is 8.42 Å². The zero-order chi connectivity index (χ0) is 14.8. The Labute approximate surface area is 114 Å². The molecule has 0 aliphatic carbocycles. The SMILES string of the molecule is N#Cc1cccc(OS(=O)(=O)c2ccc(F)cc2F)c1. The maximum atomic E-state index is 13.4. The first-order valence-electron chi connectivity index (χ1n) is 5.32. The molecule has 0 aromatic heterocycles. The molecule has 0 fully saturated rings. The minimum atomic E-state index is -4.44. The van der Waals surface area contributed by atoms with Crippen LogP contribution in [0.5, 0.6) is 5.75 Å². The molecule has 7 heteroatoms. The molecule has 0 amide bonds. The van der Waals surface area contributed by atoms with E-state index in [-0.39, 0.29) is 11.3 Å². The van der Waals surface area contributed by atoms with Gasteiger partial charge in [0.05, 0.1) is 11.6 Å². The van der Waals surface area contributed by atoms with E-state index < -0.39 is 26.6 Å². The Balaban J connectivity index is 2.38. The number of hydrogen-bond acceptors (Lipinski definition) is 4. The van der Waals surface area contributed by atoms with E-state index in [1.165, 1.54) is 24.3 Å². The van der Waals surface area contributed by atoms with Crippen molar-refractivity contribution in [2.45, 2.75) is 4.90 Å². The molecule has 0 radical (unpaired) electrons. The highest BCUT2D eigenvalue weighted by Crippen LogP contribution is 2.22. The van der Waals surface area contributed by atoms with Crippen LogP contribution in [0.1, 0.15) is 5.56 Å². The minimum absolute atomic E-state index is 0.132. The summed E-state index contributed by atoms with van der Waals surface area (Å²) in [5.74, 6) is -2.28. The lowest BCUT2D eigenvalue weighted by atomic mass is 10.2. The van der Waals surface area contributed by atoms with Crippen LogP contribution in [0, 0.1) is 23.0 Å². The molecule has 0 saturated carbocycles. The van der Waals surface area contributed by atoms with Gasteiger partial charge in [0.25, 0.3) is 0 Å². The van der Waals surface area contributed by atoms with Gasteiger partial charge in [0.2, 0.25) is 0 Å². The second-order valence-corrected chi connectivity index (χ2v) is 5.27. The highest BCUT2D eigenvalue weighted by atomic mass is 32.2. The van der Waals surface area contributed by atoms with Crippen molar-refractivity contribution in [2.75, 3.05) is 0 Å². The van der Waals surface area contributed by atoms with Crippen molar-refractivity contribution in [3.8, 4) is 11.8 Å². The quantitative estimate of drug-likeness (QED) is 0.816. The lowest BCUT2D eigenvalue weighted by Gasteiger charge is -2.07. The summed E-state index contributed by atoms with van der Waals surface area (Å²) in [4.78, 5) is -0.777. The van der Waals surface area contributed by atoms with Crippen LogP contribution in [0.3, 0.4) is 0 Å². The van der Waals surface area contributed by atoms with Crippen molar-refractivity contribution in [1.29, 1.82) is 5.26 Å². The van der Waals surface area contributed by atoms with Gasteiger partial charge in [0.1, 0.15) is 22.3 Å². The van der Waals surface area contributed by atoms with Gasteiger partial charge in [0.15, 0.2) is 0 Å². The maximum Gasteiger partial charge on any atom is 0.342 e. The molecule has 2 aromatic rings. The van der Waals surface area contributed by atoms with Crippen molar-refractivity contribution in [3.05, 3.63) is 59.7 Å². The molecule has 102 valence electrons. The molecule has 20 heavy (non-hydrogen) atoms. The highest BCUT2D eigenvalue weighted by molar-refractivity contribution is 7.87. The average molecular weight is 295 g/mol. The van der Waals surface area contributed by atoms with Crippen LogP contribution in [-0.2, 0) is 10.1 Å². The molecule has 0 aliphatic rings. The average Bonchev–Trinajstić information content (AvgIpc) is 2.37. The second-order valence-electron chi connectivity index (χ2n) is 3.75. The molecule has 0 unspecified atom stereocenters. The zero-order valence-corrected chi connectivity index (χ0v) is 10.7. The molecule has 0 aliphatic heterocycles. The van der Waals surface area contributed by atoms with Gasteiger partial charge in [-0.15, -0.1) is 0 Å². The van der Waals surface area contributed by atoms with Crippen molar-refractivity contribution in [3.63, 3.8) is 0 Å². The normalized spacial score (nSPS) is 10.8. The van der Waals surface area contributed by atoms with Crippen molar-refractivity contribution < 1.29 is 21.4 Å². The zero-order valence-electron chi connectivity index (χ0n) is 9.88. The van der Waals surface area contributed by atoms with Crippen LogP contribution in [0.15, 0.2) is 47.4 Å². The molecular formula is C13H7F2NO3S. The van der Waals surface area contributed by atoms with Gasteiger partial charge in [-0.05, 0) is 30.3 Å². The molecule has 0 N–H and O–H groups in total. The molecule has 4 nitrogen and oxygen atoms in total. The maximum absolute atomic E-state index is 13.4. The largest absolute Gasteiger partial charge is 0.379 e.